The number of hydrogen-bond acceptors (Lipinski definition) is 3. The Balaban J connectivity index is 3.21. The number of carbonyl (C=O) groups excluding carboxylic acids is 1. The van der Waals surface area contributed by atoms with E-state index in [1.54, 1.807) is 0 Å². The monoisotopic (exact) mass is 202 g/mol. The molecule has 2 N–H and O–H groups in total. The van der Waals surface area contributed by atoms with Gasteiger partial charge in [0, 0.05) is 0 Å². The molecule has 1 amide bonds. The van der Waals surface area contributed by atoms with Crippen molar-refractivity contribution in [3.8, 4) is 5.75 Å². The van der Waals surface area contributed by atoms with Crippen molar-refractivity contribution in [1.29, 1.82) is 0 Å². The second-order valence-corrected chi connectivity index (χ2v) is 2.47. The van der Waals surface area contributed by atoms with Gasteiger partial charge in [0.25, 0.3) is 12.3 Å². The molecule has 0 unspecified atom stereocenters. The minimum atomic E-state index is -2.74. The van der Waals surface area contributed by atoms with Gasteiger partial charge in [0.1, 0.15) is 11.4 Å². The van der Waals surface area contributed by atoms with Crippen molar-refractivity contribution in [2.24, 2.45) is 5.73 Å². The number of methoxy groups -OCH3 is 1. The number of ether oxygens (including phenoxy) is 1. The van der Waals surface area contributed by atoms with Crippen LogP contribution in [-0.4, -0.2) is 18.0 Å². The van der Waals surface area contributed by atoms with Gasteiger partial charge in [-0.05, 0) is 6.07 Å². The lowest BCUT2D eigenvalue weighted by atomic mass is 10.2. The van der Waals surface area contributed by atoms with Gasteiger partial charge < -0.3 is 10.5 Å². The summed E-state index contributed by atoms with van der Waals surface area (Å²) in [6.07, 6.45) is -1.69. The van der Waals surface area contributed by atoms with Crippen molar-refractivity contribution < 1.29 is 18.3 Å². The zero-order valence-corrected chi connectivity index (χ0v) is 7.33. The minimum absolute atomic E-state index is 0.0851. The fourth-order valence-electron chi connectivity index (χ4n) is 0.934. The Morgan fingerprint density at radius 1 is 1.64 bits per heavy atom. The van der Waals surface area contributed by atoms with Crippen LogP contribution in [0, 0.1) is 0 Å². The first-order valence-electron chi connectivity index (χ1n) is 3.68. The van der Waals surface area contributed by atoms with E-state index in [0.29, 0.717) is 0 Å². The van der Waals surface area contributed by atoms with E-state index in [1.807, 2.05) is 0 Å². The highest BCUT2D eigenvalue weighted by molar-refractivity contribution is 5.95. The third kappa shape index (κ3) is 1.95. The van der Waals surface area contributed by atoms with Crippen LogP contribution in [0.2, 0.25) is 0 Å². The summed E-state index contributed by atoms with van der Waals surface area (Å²) in [5.41, 5.74) is 4.37. The van der Waals surface area contributed by atoms with Crippen LogP contribution in [-0.2, 0) is 0 Å². The van der Waals surface area contributed by atoms with E-state index in [4.69, 9.17) is 10.5 Å². The zero-order valence-electron chi connectivity index (χ0n) is 7.33. The minimum Gasteiger partial charge on any atom is -0.494 e. The van der Waals surface area contributed by atoms with Gasteiger partial charge in [-0.1, -0.05) is 0 Å². The Labute approximate surface area is 78.7 Å². The summed E-state index contributed by atoms with van der Waals surface area (Å²) >= 11 is 0. The predicted octanol–water partition coefficient (Wildman–Crippen LogP) is 1.13. The largest absolute Gasteiger partial charge is 0.494 e. The standard InChI is InChI=1S/C8H8F2N2O2/c1-14-6-3-12-5(7(9)10)2-4(6)8(11)13/h2-3,7H,1H3,(H2,11,13). The van der Waals surface area contributed by atoms with Crippen LogP contribution in [0.4, 0.5) is 8.78 Å². The SMILES string of the molecule is COc1cnc(C(F)F)cc1C(N)=O. The molecule has 0 spiro atoms. The van der Waals surface area contributed by atoms with E-state index < -0.39 is 18.0 Å². The topological polar surface area (TPSA) is 65.2 Å². The lowest BCUT2D eigenvalue weighted by Gasteiger charge is -2.06. The Kier molecular flexibility index (Phi) is 2.95. The van der Waals surface area contributed by atoms with Crippen LogP contribution in [0.15, 0.2) is 12.3 Å². The predicted molar refractivity (Wildman–Crippen MR) is 44.3 cm³/mol. The van der Waals surface area contributed by atoms with Crippen LogP contribution >= 0.6 is 0 Å². The first-order chi connectivity index (χ1) is 6.56. The van der Waals surface area contributed by atoms with Crippen LogP contribution in [0.1, 0.15) is 22.5 Å². The summed E-state index contributed by atoms with van der Waals surface area (Å²) in [4.78, 5) is 14.2. The highest BCUT2D eigenvalue weighted by Crippen LogP contribution is 2.22. The van der Waals surface area contributed by atoms with E-state index in [0.717, 1.165) is 12.3 Å². The molecular formula is C8H8F2N2O2. The highest BCUT2D eigenvalue weighted by Gasteiger charge is 2.15. The molecule has 1 heterocycles. The third-order valence-electron chi connectivity index (χ3n) is 1.60. The summed E-state index contributed by atoms with van der Waals surface area (Å²) in [5, 5.41) is 0. The summed E-state index contributed by atoms with van der Waals surface area (Å²) in [6, 6.07) is 0.922. The fraction of sp³-hybridized carbons (Fsp3) is 0.250. The van der Waals surface area contributed by atoms with E-state index in [1.165, 1.54) is 7.11 Å². The highest BCUT2D eigenvalue weighted by atomic mass is 19.3. The molecule has 0 aromatic carbocycles. The van der Waals surface area contributed by atoms with Crippen molar-refractivity contribution in [3.05, 3.63) is 23.5 Å². The molecule has 0 bridgehead atoms. The lowest BCUT2D eigenvalue weighted by molar-refractivity contribution is 0.0996. The number of primary amides is 1. The Morgan fingerprint density at radius 3 is 2.71 bits per heavy atom. The summed E-state index contributed by atoms with van der Waals surface area (Å²) in [5.74, 6) is -0.743. The Hall–Kier alpha value is -1.72. The van der Waals surface area contributed by atoms with Gasteiger partial charge in [-0.3, -0.25) is 9.78 Å². The van der Waals surface area contributed by atoms with Crippen LogP contribution in [0.25, 0.3) is 0 Å². The molecular weight excluding hydrogens is 194 g/mol. The van der Waals surface area contributed by atoms with Gasteiger partial charge in [0.05, 0.1) is 18.9 Å². The van der Waals surface area contributed by atoms with Gasteiger partial charge in [-0.25, -0.2) is 8.78 Å². The number of nitrogens with two attached hydrogens (primary N) is 1. The molecule has 1 aromatic heterocycles. The molecule has 4 nitrogen and oxygen atoms in total. The Bertz CT molecular complexity index is 355. The second kappa shape index (κ2) is 3.99. The molecule has 0 aliphatic carbocycles. The molecule has 0 saturated carbocycles. The quantitative estimate of drug-likeness (QED) is 0.798. The average molecular weight is 202 g/mol. The molecule has 0 aliphatic rings. The molecule has 0 radical (unpaired) electrons. The molecule has 0 fully saturated rings. The van der Waals surface area contributed by atoms with Gasteiger partial charge in [0.15, 0.2) is 0 Å². The Morgan fingerprint density at radius 2 is 2.29 bits per heavy atom. The van der Waals surface area contributed by atoms with Gasteiger partial charge in [-0.15, -0.1) is 0 Å². The maximum Gasteiger partial charge on any atom is 0.280 e. The third-order valence-corrected chi connectivity index (χ3v) is 1.60. The van der Waals surface area contributed by atoms with Crippen LogP contribution < -0.4 is 10.5 Å². The van der Waals surface area contributed by atoms with E-state index in [-0.39, 0.29) is 11.3 Å². The lowest BCUT2D eigenvalue weighted by Crippen LogP contribution is -2.13. The number of carbonyl (C=O) groups is 1. The maximum absolute atomic E-state index is 12.2. The molecule has 0 saturated heterocycles. The number of halogens is 2. The molecule has 14 heavy (non-hydrogen) atoms. The first-order valence-corrected chi connectivity index (χ1v) is 3.68. The van der Waals surface area contributed by atoms with Gasteiger partial charge in [-0.2, -0.15) is 0 Å². The number of aromatic nitrogens is 1. The van der Waals surface area contributed by atoms with E-state index in [2.05, 4.69) is 4.98 Å². The normalized spacial score (nSPS) is 10.3. The second-order valence-electron chi connectivity index (χ2n) is 2.47. The number of pyridine rings is 1. The van der Waals surface area contributed by atoms with Crippen LogP contribution in [0.3, 0.4) is 0 Å². The molecule has 0 aliphatic heterocycles. The van der Waals surface area contributed by atoms with E-state index >= 15 is 0 Å². The van der Waals surface area contributed by atoms with Gasteiger partial charge in [0.2, 0.25) is 0 Å². The maximum atomic E-state index is 12.2. The molecule has 1 aromatic rings. The number of alkyl halides is 2. The van der Waals surface area contributed by atoms with Crippen molar-refractivity contribution in [3.63, 3.8) is 0 Å². The van der Waals surface area contributed by atoms with Crippen molar-refractivity contribution in [2.45, 2.75) is 6.43 Å². The summed E-state index contributed by atoms with van der Waals surface area (Å²) < 4.78 is 29.1. The summed E-state index contributed by atoms with van der Waals surface area (Å²) in [7, 11) is 1.30. The van der Waals surface area contributed by atoms with Crippen molar-refractivity contribution in [2.75, 3.05) is 7.11 Å². The summed E-state index contributed by atoms with van der Waals surface area (Å²) in [6.45, 7) is 0. The number of hydrogen-bond donors (Lipinski definition) is 1. The average Bonchev–Trinajstić information content (AvgIpc) is 2.16. The molecule has 6 heteroatoms. The van der Waals surface area contributed by atoms with Crippen molar-refractivity contribution >= 4 is 5.91 Å². The first kappa shape index (κ1) is 10.4. The van der Waals surface area contributed by atoms with Crippen molar-refractivity contribution in [1.82, 2.24) is 4.98 Å². The number of amides is 1. The number of rotatable bonds is 3. The molecule has 0 atom stereocenters. The zero-order chi connectivity index (χ0) is 10.7. The van der Waals surface area contributed by atoms with E-state index in [9.17, 15) is 13.6 Å². The molecule has 76 valence electrons. The van der Waals surface area contributed by atoms with Gasteiger partial charge >= 0.3 is 0 Å². The number of nitrogens with zero attached hydrogens (tertiary/aromatic N) is 1. The smallest absolute Gasteiger partial charge is 0.280 e. The fourth-order valence-corrected chi connectivity index (χ4v) is 0.934. The van der Waals surface area contributed by atoms with Crippen LogP contribution in [0.5, 0.6) is 5.75 Å². The molecule has 1 rings (SSSR count).